The Morgan fingerprint density at radius 3 is 2.61 bits per heavy atom. The highest BCUT2D eigenvalue weighted by atomic mass is 19.4. The van der Waals surface area contributed by atoms with Gasteiger partial charge in [0.25, 0.3) is 5.89 Å². The number of ether oxygens (including phenoxy) is 1. The van der Waals surface area contributed by atoms with E-state index in [1.54, 1.807) is 17.9 Å². The van der Waals surface area contributed by atoms with E-state index in [0.29, 0.717) is 17.8 Å². The SMILES string of the molecule is CNc1cc(Cn2nc(-c3nc(-c4ccc(OC(F)(F)F)cc4)no3)cc2C)ccn1. The normalized spacial score (nSPS) is 11.5. The number of aryl methyl sites for hydroxylation is 1. The molecule has 4 aromatic rings. The van der Waals surface area contributed by atoms with Gasteiger partial charge in [-0.1, -0.05) is 5.16 Å². The van der Waals surface area contributed by atoms with Crippen molar-refractivity contribution >= 4 is 5.82 Å². The Morgan fingerprint density at radius 1 is 1.13 bits per heavy atom. The molecule has 0 saturated carbocycles. The van der Waals surface area contributed by atoms with E-state index in [1.807, 2.05) is 25.1 Å². The number of nitrogens with zero attached hydrogens (tertiary/aromatic N) is 5. The molecule has 0 atom stereocenters. The second-order valence-corrected chi connectivity index (χ2v) is 6.62. The number of rotatable bonds is 6. The Bertz CT molecular complexity index is 1180. The van der Waals surface area contributed by atoms with Crippen LogP contribution in [0.25, 0.3) is 23.0 Å². The molecule has 160 valence electrons. The molecule has 11 heteroatoms. The van der Waals surface area contributed by atoms with E-state index in [0.717, 1.165) is 17.1 Å². The van der Waals surface area contributed by atoms with E-state index >= 15 is 0 Å². The first-order valence-electron chi connectivity index (χ1n) is 9.18. The lowest BCUT2D eigenvalue weighted by molar-refractivity contribution is -0.274. The second kappa shape index (κ2) is 8.09. The van der Waals surface area contributed by atoms with E-state index in [-0.39, 0.29) is 17.5 Å². The van der Waals surface area contributed by atoms with Crippen LogP contribution < -0.4 is 10.1 Å². The van der Waals surface area contributed by atoms with E-state index in [1.165, 1.54) is 24.3 Å². The number of benzene rings is 1. The van der Waals surface area contributed by atoms with E-state index in [2.05, 4.69) is 30.3 Å². The Hall–Kier alpha value is -3.89. The summed E-state index contributed by atoms with van der Waals surface area (Å²) < 4.78 is 47.8. The number of hydrogen-bond acceptors (Lipinski definition) is 7. The van der Waals surface area contributed by atoms with Crippen LogP contribution in [-0.4, -0.2) is 38.3 Å². The summed E-state index contributed by atoms with van der Waals surface area (Å²) in [5.41, 5.74) is 2.89. The van der Waals surface area contributed by atoms with Crippen molar-refractivity contribution in [2.75, 3.05) is 12.4 Å². The summed E-state index contributed by atoms with van der Waals surface area (Å²) in [7, 11) is 1.80. The molecule has 4 rings (SSSR count). The van der Waals surface area contributed by atoms with Crippen LogP contribution in [0.15, 0.2) is 53.2 Å². The lowest BCUT2D eigenvalue weighted by Gasteiger charge is -2.08. The summed E-state index contributed by atoms with van der Waals surface area (Å²) in [6, 6.07) is 10.9. The maximum atomic E-state index is 12.3. The number of nitrogens with one attached hydrogen (secondary N) is 1. The first-order valence-corrected chi connectivity index (χ1v) is 9.18. The molecule has 0 aliphatic carbocycles. The van der Waals surface area contributed by atoms with E-state index < -0.39 is 6.36 Å². The standard InChI is InChI=1S/C20H17F3N6O2/c1-12-9-16(27-29(12)11-13-7-8-25-17(10-13)24-2)19-26-18(28-31-19)14-3-5-15(6-4-14)30-20(21,22)23/h3-10H,11H2,1-2H3,(H,24,25). The quantitative estimate of drug-likeness (QED) is 0.488. The van der Waals surface area contributed by atoms with Gasteiger partial charge in [0.1, 0.15) is 11.6 Å². The van der Waals surface area contributed by atoms with Crippen LogP contribution in [0.3, 0.4) is 0 Å². The van der Waals surface area contributed by atoms with Crippen LogP contribution in [0.5, 0.6) is 5.75 Å². The average molecular weight is 430 g/mol. The van der Waals surface area contributed by atoms with Crippen molar-refractivity contribution in [1.82, 2.24) is 24.9 Å². The molecule has 3 aromatic heterocycles. The molecule has 0 radical (unpaired) electrons. The minimum atomic E-state index is -4.75. The van der Waals surface area contributed by atoms with E-state index in [4.69, 9.17) is 4.52 Å². The predicted molar refractivity (Wildman–Crippen MR) is 105 cm³/mol. The minimum absolute atomic E-state index is 0.207. The summed E-state index contributed by atoms with van der Waals surface area (Å²) in [6.45, 7) is 2.44. The number of hydrogen-bond donors (Lipinski definition) is 1. The molecule has 3 heterocycles. The summed E-state index contributed by atoms with van der Waals surface area (Å²) >= 11 is 0. The molecule has 0 bridgehead atoms. The van der Waals surface area contributed by atoms with Crippen LogP contribution in [0, 0.1) is 6.92 Å². The van der Waals surface area contributed by atoms with Gasteiger partial charge in [0.05, 0.1) is 6.54 Å². The molecule has 0 amide bonds. The zero-order chi connectivity index (χ0) is 22.0. The molecule has 1 N–H and O–H groups in total. The van der Waals surface area contributed by atoms with Crippen molar-refractivity contribution in [1.29, 1.82) is 0 Å². The fourth-order valence-electron chi connectivity index (χ4n) is 2.91. The molecule has 0 unspecified atom stereocenters. The van der Waals surface area contributed by atoms with Gasteiger partial charge in [-0.3, -0.25) is 4.68 Å². The van der Waals surface area contributed by atoms with Gasteiger partial charge < -0.3 is 14.6 Å². The van der Waals surface area contributed by atoms with E-state index in [9.17, 15) is 13.2 Å². The molecule has 0 aliphatic heterocycles. The summed E-state index contributed by atoms with van der Waals surface area (Å²) in [5.74, 6) is 0.870. The van der Waals surface area contributed by atoms with Crippen molar-refractivity contribution < 1.29 is 22.4 Å². The maximum Gasteiger partial charge on any atom is 0.573 e. The topological polar surface area (TPSA) is 90.9 Å². The van der Waals surface area contributed by atoms with Gasteiger partial charge in [-0.25, -0.2) is 4.98 Å². The third kappa shape index (κ3) is 4.82. The molecule has 31 heavy (non-hydrogen) atoms. The third-order valence-corrected chi connectivity index (χ3v) is 4.39. The third-order valence-electron chi connectivity index (χ3n) is 4.39. The molecule has 1 aromatic carbocycles. The zero-order valence-corrected chi connectivity index (χ0v) is 16.5. The second-order valence-electron chi connectivity index (χ2n) is 6.62. The Labute approximate surface area is 174 Å². The van der Waals surface area contributed by atoms with Gasteiger partial charge in [-0.2, -0.15) is 10.1 Å². The van der Waals surface area contributed by atoms with Crippen LogP contribution in [0.4, 0.5) is 19.0 Å². The molecular weight excluding hydrogens is 413 g/mol. The lowest BCUT2D eigenvalue weighted by Crippen LogP contribution is -2.16. The molecule has 0 spiro atoms. The number of anilines is 1. The molecule has 0 aliphatic rings. The highest BCUT2D eigenvalue weighted by Gasteiger charge is 2.31. The summed E-state index contributed by atoms with van der Waals surface area (Å²) in [5, 5.41) is 11.4. The zero-order valence-electron chi connectivity index (χ0n) is 16.5. The van der Waals surface area contributed by atoms with Gasteiger partial charge in [-0.15, -0.1) is 13.2 Å². The minimum Gasteiger partial charge on any atom is -0.406 e. The number of aromatic nitrogens is 5. The maximum absolute atomic E-state index is 12.3. The fourth-order valence-corrected chi connectivity index (χ4v) is 2.91. The van der Waals surface area contributed by atoms with Crippen molar-refractivity contribution in [3.8, 4) is 28.7 Å². The number of alkyl halides is 3. The summed E-state index contributed by atoms with van der Waals surface area (Å²) in [6.07, 6.45) is -3.03. The van der Waals surface area contributed by atoms with Crippen molar-refractivity contribution in [3.63, 3.8) is 0 Å². The van der Waals surface area contributed by atoms with Crippen LogP contribution in [-0.2, 0) is 6.54 Å². The van der Waals surface area contributed by atoms with Gasteiger partial charge in [0.15, 0.2) is 5.69 Å². The van der Waals surface area contributed by atoms with Gasteiger partial charge >= 0.3 is 6.36 Å². The highest BCUT2D eigenvalue weighted by Crippen LogP contribution is 2.27. The lowest BCUT2D eigenvalue weighted by atomic mass is 10.2. The molecule has 0 fully saturated rings. The first-order chi connectivity index (χ1) is 14.8. The van der Waals surface area contributed by atoms with Gasteiger partial charge in [0, 0.05) is 24.5 Å². The summed E-state index contributed by atoms with van der Waals surface area (Å²) in [4.78, 5) is 8.50. The van der Waals surface area contributed by atoms with Crippen LogP contribution in [0.2, 0.25) is 0 Å². The van der Waals surface area contributed by atoms with Gasteiger partial charge in [-0.05, 0) is 55.0 Å². The average Bonchev–Trinajstić information content (AvgIpc) is 3.35. The number of halogens is 3. The van der Waals surface area contributed by atoms with Crippen molar-refractivity contribution in [2.45, 2.75) is 19.8 Å². The monoisotopic (exact) mass is 430 g/mol. The largest absolute Gasteiger partial charge is 0.573 e. The molecular formula is C20H17F3N6O2. The number of pyridine rings is 1. The van der Waals surface area contributed by atoms with Crippen molar-refractivity contribution in [3.05, 3.63) is 59.9 Å². The smallest absolute Gasteiger partial charge is 0.406 e. The Balaban J connectivity index is 1.52. The predicted octanol–water partition coefficient (Wildman–Crippen LogP) is 4.29. The Kier molecular flexibility index (Phi) is 5.32. The first kappa shape index (κ1) is 20.4. The van der Waals surface area contributed by atoms with Crippen molar-refractivity contribution in [2.24, 2.45) is 0 Å². The molecule has 0 saturated heterocycles. The Morgan fingerprint density at radius 2 is 1.90 bits per heavy atom. The highest BCUT2D eigenvalue weighted by molar-refractivity contribution is 5.59. The molecule has 8 nitrogen and oxygen atoms in total. The van der Waals surface area contributed by atoms with Crippen LogP contribution in [0.1, 0.15) is 11.3 Å². The fraction of sp³-hybridized carbons (Fsp3) is 0.200. The van der Waals surface area contributed by atoms with Gasteiger partial charge in [0.2, 0.25) is 5.82 Å². The van der Waals surface area contributed by atoms with Crippen LogP contribution >= 0.6 is 0 Å².